The molecule has 1 aliphatic heterocycles. The van der Waals surface area contributed by atoms with Crippen LogP contribution in [0, 0.1) is 0 Å². The Balaban J connectivity index is 2.50. The minimum absolute atomic E-state index is 0.0359. The molecule has 0 spiro atoms. The minimum atomic E-state index is -0.0359. The van der Waals surface area contributed by atoms with Crippen molar-refractivity contribution >= 4 is 11.7 Å². The van der Waals surface area contributed by atoms with Gasteiger partial charge < -0.3 is 5.32 Å². The average molecular weight is 192 g/mol. The van der Waals surface area contributed by atoms with Crippen LogP contribution in [0.2, 0.25) is 0 Å². The predicted molar refractivity (Wildman–Crippen MR) is 51.7 cm³/mol. The van der Waals surface area contributed by atoms with Crippen LogP contribution in [0.1, 0.15) is 26.8 Å². The van der Waals surface area contributed by atoms with E-state index in [1.807, 2.05) is 13.8 Å². The first kappa shape index (κ1) is 8.93. The first-order valence-electron chi connectivity index (χ1n) is 4.49. The summed E-state index contributed by atoms with van der Waals surface area (Å²) in [5.41, 5.74) is 1.63. The van der Waals surface area contributed by atoms with E-state index in [0.29, 0.717) is 5.95 Å². The molecular formula is C9H12N4O. The van der Waals surface area contributed by atoms with Crippen LogP contribution in [0.25, 0.3) is 0 Å². The van der Waals surface area contributed by atoms with Crippen molar-refractivity contribution in [2.75, 3.05) is 5.32 Å². The van der Waals surface area contributed by atoms with E-state index in [-0.39, 0.29) is 11.8 Å². The number of carbonyl (C=O) groups is 1. The molecule has 1 aliphatic rings. The van der Waals surface area contributed by atoms with Crippen molar-refractivity contribution in [2.24, 2.45) is 0 Å². The van der Waals surface area contributed by atoms with Gasteiger partial charge in [0.15, 0.2) is 5.78 Å². The first-order chi connectivity index (χ1) is 6.61. The number of rotatable bonds is 1. The Morgan fingerprint density at radius 3 is 3.00 bits per heavy atom. The zero-order valence-electron chi connectivity index (χ0n) is 8.40. The highest BCUT2D eigenvalue weighted by molar-refractivity contribution is 5.95. The average Bonchev–Trinajstić information content (AvgIpc) is 2.50. The highest BCUT2D eigenvalue weighted by Crippen LogP contribution is 2.28. The first-order valence-corrected chi connectivity index (χ1v) is 4.49. The molecule has 0 aliphatic carbocycles. The van der Waals surface area contributed by atoms with Gasteiger partial charge in [-0.2, -0.15) is 10.1 Å². The van der Waals surface area contributed by atoms with Crippen molar-refractivity contribution < 1.29 is 4.79 Å². The second-order valence-corrected chi connectivity index (χ2v) is 3.42. The Kier molecular flexibility index (Phi) is 1.87. The molecule has 0 unspecified atom stereocenters. The normalized spacial score (nSPS) is 20.4. The Morgan fingerprint density at radius 2 is 2.36 bits per heavy atom. The molecule has 1 atom stereocenters. The summed E-state index contributed by atoms with van der Waals surface area (Å²) >= 11 is 0. The molecule has 0 fully saturated rings. The molecule has 0 radical (unpaired) electrons. The zero-order chi connectivity index (χ0) is 10.3. The third kappa shape index (κ3) is 1.13. The van der Waals surface area contributed by atoms with Gasteiger partial charge in [-0.05, 0) is 20.8 Å². The zero-order valence-corrected chi connectivity index (χ0v) is 8.40. The van der Waals surface area contributed by atoms with Crippen LogP contribution >= 0.6 is 0 Å². The third-order valence-electron chi connectivity index (χ3n) is 2.44. The molecule has 5 heteroatoms. The SMILES string of the molecule is CC(=O)C1=C(C)Nc2ncnn2[C@H]1C. The number of allylic oxidation sites excluding steroid dienone is 2. The fraction of sp³-hybridized carbons (Fsp3) is 0.444. The van der Waals surface area contributed by atoms with Gasteiger partial charge in [-0.25, -0.2) is 4.68 Å². The standard InChI is InChI=1S/C9H12N4O/c1-5-8(7(3)14)6(2)13-9(12-5)10-4-11-13/h4,6H,1-3H3,(H,10,11,12)/t6-/m0/s1. The highest BCUT2D eigenvalue weighted by atomic mass is 16.1. The second-order valence-electron chi connectivity index (χ2n) is 3.42. The van der Waals surface area contributed by atoms with Crippen LogP contribution in [-0.4, -0.2) is 20.5 Å². The molecule has 0 aromatic carbocycles. The molecule has 14 heavy (non-hydrogen) atoms. The highest BCUT2D eigenvalue weighted by Gasteiger charge is 2.26. The summed E-state index contributed by atoms with van der Waals surface area (Å²) in [6, 6.07) is -0.0359. The molecule has 0 amide bonds. The lowest BCUT2D eigenvalue weighted by molar-refractivity contribution is -0.114. The maximum atomic E-state index is 11.4. The lowest BCUT2D eigenvalue weighted by Crippen LogP contribution is -2.24. The van der Waals surface area contributed by atoms with E-state index < -0.39 is 0 Å². The van der Waals surface area contributed by atoms with E-state index in [1.165, 1.54) is 6.33 Å². The number of nitrogens with zero attached hydrogens (tertiary/aromatic N) is 3. The van der Waals surface area contributed by atoms with Gasteiger partial charge in [0, 0.05) is 11.3 Å². The molecular weight excluding hydrogens is 180 g/mol. The van der Waals surface area contributed by atoms with Crippen LogP contribution in [0.3, 0.4) is 0 Å². The molecule has 5 nitrogen and oxygen atoms in total. The monoisotopic (exact) mass is 192 g/mol. The number of aromatic nitrogens is 3. The van der Waals surface area contributed by atoms with Gasteiger partial charge in [-0.1, -0.05) is 0 Å². The number of nitrogens with one attached hydrogen (secondary N) is 1. The third-order valence-corrected chi connectivity index (χ3v) is 2.44. The lowest BCUT2D eigenvalue weighted by Gasteiger charge is -2.24. The van der Waals surface area contributed by atoms with E-state index in [9.17, 15) is 4.79 Å². The van der Waals surface area contributed by atoms with E-state index in [4.69, 9.17) is 0 Å². The molecule has 0 bridgehead atoms. The Labute approximate surface area is 81.8 Å². The summed E-state index contributed by atoms with van der Waals surface area (Å²) in [7, 11) is 0. The summed E-state index contributed by atoms with van der Waals surface area (Å²) < 4.78 is 1.71. The van der Waals surface area contributed by atoms with Gasteiger partial charge >= 0.3 is 0 Å². The van der Waals surface area contributed by atoms with Crippen molar-refractivity contribution in [1.82, 2.24) is 14.8 Å². The fourth-order valence-corrected chi connectivity index (χ4v) is 1.85. The number of fused-ring (bicyclic) bond motifs is 1. The Bertz CT molecular complexity index is 418. The van der Waals surface area contributed by atoms with Gasteiger partial charge in [-0.15, -0.1) is 0 Å². The topological polar surface area (TPSA) is 59.8 Å². The van der Waals surface area contributed by atoms with E-state index in [1.54, 1.807) is 11.6 Å². The number of anilines is 1. The van der Waals surface area contributed by atoms with Crippen LogP contribution in [0.5, 0.6) is 0 Å². The van der Waals surface area contributed by atoms with Crippen LogP contribution in [0.15, 0.2) is 17.6 Å². The maximum Gasteiger partial charge on any atom is 0.225 e. The molecule has 2 heterocycles. The number of hydrogen-bond acceptors (Lipinski definition) is 4. The summed E-state index contributed by atoms with van der Waals surface area (Å²) in [5.74, 6) is 0.767. The number of ketones is 1. The molecule has 1 aromatic rings. The van der Waals surface area contributed by atoms with Gasteiger partial charge in [0.25, 0.3) is 0 Å². The largest absolute Gasteiger partial charge is 0.328 e. The predicted octanol–water partition coefficient (Wildman–Crippen LogP) is 1.13. The molecule has 0 saturated heterocycles. The summed E-state index contributed by atoms with van der Waals surface area (Å²) in [6.45, 7) is 5.39. The van der Waals surface area contributed by atoms with Gasteiger partial charge in [0.1, 0.15) is 6.33 Å². The number of hydrogen-bond donors (Lipinski definition) is 1. The van der Waals surface area contributed by atoms with Crippen molar-refractivity contribution in [3.63, 3.8) is 0 Å². The van der Waals surface area contributed by atoms with Crippen LogP contribution < -0.4 is 5.32 Å². The quantitative estimate of drug-likeness (QED) is 0.724. The lowest BCUT2D eigenvalue weighted by atomic mass is 10.0. The van der Waals surface area contributed by atoms with E-state index >= 15 is 0 Å². The van der Waals surface area contributed by atoms with Crippen LogP contribution in [-0.2, 0) is 4.79 Å². The van der Waals surface area contributed by atoms with E-state index in [2.05, 4.69) is 15.4 Å². The van der Waals surface area contributed by atoms with Gasteiger partial charge in [-0.3, -0.25) is 4.79 Å². The summed E-state index contributed by atoms with van der Waals surface area (Å²) in [4.78, 5) is 15.4. The Morgan fingerprint density at radius 1 is 1.64 bits per heavy atom. The molecule has 1 N–H and O–H groups in total. The van der Waals surface area contributed by atoms with Gasteiger partial charge in [0.2, 0.25) is 5.95 Å². The summed E-state index contributed by atoms with van der Waals surface area (Å²) in [5, 5.41) is 7.11. The van der Waals surface area contributed by atoms with Crippen molar-refractivity contribution in [3.05, 3.63) is 17.6 Å². The fourth-order valence-electron chi connectivity index (χ4n) is 1.85. The number of carbonyl (C=O) groups excluding carboxylic acids is 1. The van der Waals surface area contributed by atoms with Crippen LogP contribution in [0.4, 0.5) is 5.95 Å². The van der Waals surface area contributed by atoms with Crippen molar-refractivity contribution in [3.8, 4) is 0 Å². The van der Waals surface area contributed by atoms with E-state index in [0.717, 1.165) is 11.3 Å². The molecule has 2 rings (SSSR count). The smallest absolute Gasteiger partial charge is 0.225 e. The Hall–Kier alpha value is -1.65. The maximum absolute atomic E-state index is 11.4. The minimum Gasteiger partial charge on any atom is -0.328 e. The second kappa shape index (κ2) is 2.94. The molecule has 74 valence electrons. The summed E-state index contributed by atoms with van der Waals surface area (Å²) in [6.07, 6.45) is 1.48. The van der Waals surface area contributed by atoms with Crippen molar-refractivity contribution in [1.29, 1.82) is 0 Å². The van der Waals surface area contributed by atoms with Crippen molar-refractivity contribution in [2.45, 2.75) is 26.8 Å². The molecule has 1 aromatic heterocycles. The molecule has 0 saturated carbocycles. The number of Topliss-reactive ketones (excluding diaryl/α,β-unsaturated/α-hetero) is 1. The van der Waals surface area contributed by atoms with Gasteiger partial charge in [0.05, 0.1) is 6.04 Å².